The number of rotatable bonds is 2. The van der Waals surface area contributed by atoms with Crippen molar-refractivity contribution >= 4 is 27.3 Å². The van der Waals surface area contributed by atoms with E-state index in [2.05, 4.69) is 26.2 Å². The van der Waals surface area contributed by atoms with Gasteiger partial charge in [0.05, 0.1) is 16.4 Å². The summed E-state index contributed by atoms with van der Waals surface area (Å²) >= 11 is 3.08. The number of anilines is 2. The van der Waals surface area contributed by atoms with E-state index in [0.29, 0.717) is 21.5 Å². The number of nitrogens with one attached hydrogen (secondary N) is 1. The number of nitriles is 1. The average Bonchev–Trinajstić information content (AvgIpc) is 2.35. The number of nitrogens with zero attached hydrogens (tertiary/aromatic N) is 2. The molecule has 1 heterocycles. The predicted octanol–water partition coefficient (Wildman–Crippen LogP) is 3.60. The molecule has 1 N–H and O–H groups in total. The zero-order chi connectivity index (χ0) is 12.3. The van der Waals surface area contributed by atoms with Crippen LogP contribution in [0.25, 0.3) is 0 Å². The number of aromatic nitrogens is 1. The van der Waals surface area contributed by atoms with Gasteiger partial charge < -0.3 is 5.32 Å². The van der Waals surface area contributed by atoms with E-state index < -0.39 is 0 Å². The van der Waals surface area contributed by atoms with Crippen LogP contribution in [-0.2, 0) is 0 Å². The molecule has 1 aromatic carbocycles. The van der Waals surface area contributed by atoms with Crippen molar-refractivity contribution in [3.63, 3.8) is 0 Å². The SMILES string of the molecule is N#Cc1ccc(Nc2ccc(Br)c(F)c2)cn1. The second-order valence-corrected chi connectivity index (χ2v) is 4.15. The van der Waals surface area contributed by atoms with Crippen molar-refractivity contribution < 1.29 is 4.39 Å². The summed E-state index contributed by atoms with van der Waals surface area (Å²) in [6.07, 6.45) is 1.53. The smallest absolute Gasteiger partial charge is 0.140 e. The normalized spacial score (nSPS) is 9.71. The summed E-state index contributed by atoms with van der Waals surface area (Å²) in [6.45, 7) is 0. The van der Waals surface area contributed by atoms with Crippen LogP contribution < -0.4 is 5.32 Å². The van der Waals surface area contributed by atoms with Crippen molar-refractivity contribution in [2.75, 3.05) is 5.32 Å². The van der Waals surface area contributed by atoms with Gasteiger partial charge in [0, 0.05) is 5.69 Å². The fraction of sp³-hybridized carbons (Fsp3) is 0. The van der Waals surface area contributed by atoms with Crippen LogP contribution in [0, 0.1) is 17.1 Å². The molecule has 0 aliphatic rings. The Balaban J connectivity index is 2.20. The summed E-state index contributed by atoms with van der Waals surface area (Å²) in [4.78, 5) is 3.91. The molecule has 17 heavy (non-hydrogen) atoms. The molecule has 2 aromatic rings. The Labute approximate surface area is 106 Å². The number of hydrogen-bond acceptors (Lipinski definition) is 3. The van der Waals surface area contributed by atoms with Crippen LogP contribution in [0.3, 0.4) is 0 Å². The molecule has 0 bridgehead atoms. The first kappa shape index (κ1) is 11.6. The topological polar surface area (TPSA) is 48.7 Å². The van der Waals surface area contributed by atoms with Gasteiger partial charge in [-0.05, 0) is 46.3 Å². The Bertz CT molecular complexity index is 575. The molecule has 0 unspecified atom stereocenters. The number of halogens is 2. The molecule has 3 nitrogen and oxygen atoms in total. The maximum absolute atomic E-state index is 13.3. The van der Waals surface area contributed by atoms with Gasteiger partial charge in [0.15, 0.2) is 0 Å². The van der Waals surface area contributed by atoms with Crippen molar-refractivity contribution in [1.29, 1.82) is 5.26 Å². The molecule has 0 atom stereocenters. The molecule has 0 saturated carbocycles. The van der Waals surface area contributed by atoms with E-state index in [1.54, 1.807) is 24.3 Å². The van der Waals surface area contributed by atoms with Crippen molar-refractivity contribution in [2.45, 2.75) is 0 Å². The molecular formula is C12H7BrFN3. The lowest BCUT2D eigenvalue weighted by Crippen LogP contribution is -1.93. The maximum Gasteiger partial charge on any atom is 0.140 e. The largest absolute Gasteiger partial charge is 0.354 e. The van der Waals surface area contributed by atoms with Gasteiger partial charge in [0.1, 0.15) is 17.6 Å². The summed E-state index contributed by atoms with van der Waals surface area (Å²) in [5.41, 5.74) is 1.67. The van der Waals surface area contributed by atoms with Gasteiger partial charge in [-0.2, -0.15) is 5.26 Å². The molecule has 0 aliphatic carbocycles. The fourth-order valence-corrected chi connectivity index (χ4v) is 1.52. The summed E-state index contributed by atoms with van der Waals surface area (Å²) < 4.78 is 13.7. The minimum atomic E-state index is -0.336. The van der Waals surface area contributed by atoms with E-state index >= 15 is 0 Å². The van der Waals surface area contributed by atoms with Gasteiger partial charge in [-0.15, -0.1) is 0 Å². The predicted molar refractivity (Wildman–Crippen MR) is 66.3 cm³/mol. The summed E-state index contributed by atoms with van der Waals surface area (Å²) in [6, 6.07) is 9.98. The molecule has 5 heteroatoms. The van der Waals surface area contributed by atoms with E-state index in [9.17, 15) is 4.39 Å². The zero-order valence-corrected chi connectivity index (χ0v) is 10.2. The summed E-state index contributed by atoms with van der Waals surface area (Å²) in [5, 5.41) is 11.6. The molecule has 84 valence electrons. The Morgan fingerprint density at radius 3 is 2.59 bits per heavy atom. The molecule has 0 radical (unpaired) electrons. The highest BCUT2D eigenvalue weighted by molar-refractivity contribution is 9.10. The Morgan fingerprint density at radius 1 is 1.24 bits per heavy atom. The Hall–Kier alpha value is -1.93. The summed E-state index contributed by atoms with van der Waals surface area (Å²) in [5.74, 6) is -0.336. The number of benzene rings is 1. The highest BCUT2D eigenvalue weighted by Gasteiger charge is 2.01. The molecule has 1 aromatic heterocycles. The van der Waals surface area contributed by atoms with Crippen LogP contribution >= 0.6 is 15.9 Å². The van der Waals surface area contributed by atoms with Crippen LogP contribution in [0.4, 0.5) is 15.8 Å². The molecule has 2 rings (SSSR count). The highest BCUT2D eigenvalue weighted by atomic mass is 79.9. The lowest BCUT2D eigenvalue weighted by atomic mass is 10.3. The lowest BCUT2D eigenvalue weighted by Gasteiger charge is -2.06. The fourth-order valence-electron chi connectivity index (χ4n) is 1.27. The van der Waals surface area contributed by atoms with Gasteiger partial charge >= 0.3 is 0 Å². The third kappa shape index (κ3) is 2.80. The van der Waals surface area contributed by atoms with Crippen LogP contribution in [0.15, 0.2) is 41.0 Å². The van der Waals surface area contributed by atoms with Gasteiger partial charge in [-0.25, -0.2) is 9.37 Å². The lowest BCUT2D eigenvalue weighted by molar-refractivity contribution is 0.622. The highest BCUT2D eigenvalue weighted by Crippen LogP contribution is 2.22. The number of hydrogen-bond donors (Lipinski definition) is 1. The molecule has 0 saturated heterocycles. The van der Waals surface area contributed by atoms with Crippen molar-refractivity contribution in [1.82, 2.24) is 4.98 Å². The van der Waals surface area contributed by atoms with E-state index in [-0.39, 0.29) is 5.82 Å². The Kier molecular flexibility index (Phi) is 3.35. The monoisotopic (exact) mass is 291 g/mol. The van der Waals surface area contributed by atoms with Crippen LogP contribution in [0.1, 0.15) is 5.69 Å². The second kappa shape index (κ2) is 4.93. The van der Waals surface area contributed by atoms with Crippen molar-refractivity contribution in [3.05, 3.63) is 52.5 Å². The Morgan fingerprint density at radius 2 is 2.00 bits per heavy atom. The molecule has 0 fully saturated rings. The third-order valence-electron chi connectivity index (χ3n) is 2.09. The van der Waals surface area contributed by atoms with E-state index in [4.69, 9.17) is 5.26 Å². The van der Waals surface area contributed by atoms with Gasteiger partial charge in [-0.3, -0.25) is 0 Å². The average molecular weight is 292 g/mol. The minimum Gasteiger partial charge on any atom is -0.354 e. The first-order chi connectivity index (χ1) is 8.19. The summed E-state index contributed by atoms with van der Waals surface area (Å²) in [7, 11) is 0. The van der Waals surface area contributed by atoms with Gasteiger partial charge in [0.25, 0.3) is 0 Å². The third-order valence-corrected chi connectivity index (χ3v) is 2.73. The van der Waals surface area contributed by atoms with Crippen LogP contribution in [0.2, 0.25) is 0 Å². The van der Waals surface area contributed by atoms with Crippen molar-refractivity contribution in [2.24, 2.45) is 0 Å². The van der Waals surface area contributed by atoms with Gasteiger partial charge in [0.2, 0.25) is 0 Å². The van der Waals surface area contributed by atoms with E-state index in [1.807, 2.05) is 6.07 Å². The van der Waals surface area contributed by atoms with Gasteiger partial charge in [-0.1, -0.05) is 0 Å². The van der Waals surface area contributed by atoms with E-state index in [1.165, 1.54) is 12.3 Å². The van der Waals surface area contributed by atoms with E-state index in [0.717, 1.165) is 0 Å². The van der Waals surface area contributed by atoms with Crippen LogP contribution in [0.5, 0.6) is 0 Å². The maximum atomic E-state index is 13.3. The van der Waals surface area contributed by atoms with Crippen molar-refractivity contribution in [3.8, 4) is 6.07 Å². The molecule has 0 spiro atoms. The quantitative estimate of drug-likeness (QED) is 0.920. The standard InChI is InChI=1S/C12H7BrFN3/c13-11-4-3-8(5-12(11)14)17-10-2-1-9(6-15)16-7-10/h1-5,7,17H. The number of pyridine rings is 1. The minimum absolute atomic E-state index is 0.336. The first-order valence-corrected chi connectivity index (χ1v) is 5.56. The van der Waals surface area contributed by atoms with Crippen LogP contribution in [-0.4, -0.2) is 4.98 Å². The molecule has 0 aliphatic heterocycles. The zero-order valence-electron chi connectivity index (χ0n) is 8.61. The molecular weight excluding hydrogens is 285 g/mol. The first-order valence-electron chi connectivity index (χ1n) is 4.77. The molecule has 0 amide bonds. The second-order valence-electron chi connectivity index (χ2n) is 3.30.